The molecule has 0 saturated carbocycles. The van der Waals surface area contributed by atoms with Crippen LogP contribution in [-0.2, 0) is 30.7 Å². The standard InChI is InChI=1S/C29H38N4O7S2/c1-18(2)15-33(42(36,37)20-9-10-22-26(14-20)41-28(30-3)31-22)16-24(34)23(13-19-7-5-4-6-8-19)32-29(35)40-25-17-39-27-21(25)11-12-38-27/h4-10,14,18,21,23-25,27,34H,11-13,15-17H2,1-3H3,(H,30,31)(H,32,35)/t21?,23-,24+,25?,27?/m0/s1. The summed E-state index contributed by atoms with van der Waals surface area (Å²) in [6.07, 6.45) is -1.71. The largest absolute Gasteiger partial charge is 0.443 e. The normalized spacial score (nSPS) is 21.9. The van der Waals surface area contributed by atoms with E-state index < -0.39 is 34.4 Å². The maximum Gasteiger partial charge on any atom is 0.407 e. The van der Waals surface area contributed by atoms with Crippen LogP contribution < -0.4 is 10.6 Å². The molecule has 1 amide bonds. The number of hydrogen-bond donors (Lipinski definition) is 3. The third kappa shape index (κ3) is 7.04. The van der Waals surface area contributed by atoms with Crippen molar-refractivity contribution >= 4 is 42.8 Å². The average molecular weight is 619 g/mol. The van der Waals surface area contributed by atoms with Crippen molar-refractivity contribution in [3.63, 3.8) is 0 Å². The van der Waals surface area contributed by atoms with E-state index in [1.807, 2.05) is 44.2 Å². The molecule has 0 bridgehead atoms. The minimum atomic E-state index is -3.99. The summed E-state index contributed by atoms with van der Waals surface area (Å²) in [6, 6.07) is 13.4. The van der Waals surface area contributed by atoms with Crippen LogP contribution in [0, 0.1) is 11.8 Å². The summed E-state index contributed by atoms with van der Waals surface area (Å²) in [5, 5.41) is 18.0. The van der Waals surface area contributed by atoms with E-state index >= 15 is 0 Å². The Hall–Kier alpha value is -2.81. The number of nitrogens with zero attached hydrogens (tertiary/aromatic N) is 2. The van der Waals surface area contributed by atoms with Crippen LogP contribution in [-0.4, -0.2) is 86.8 Å². The number of fused-ring (bicyclic) bond motifs is 2. The van der Waals surface area contributed by atoms with Crippen LogP contribution in [0.4, 0.5) is 9.93 Å². The van der Waals surface area contributed by atoms with Crippen molar-refractivity contribution in [3.8, 4) is 0 Å². The Bertz CT molecular complexity index is 1470. The van der Waals surface area contributed by atoms with Gasteiger partial charge >= 0.3 is 6.09 Å². The van der Waals surface area contributed by atoms with Crippen LogP contribution in [0.2, 0.25) is 0 Å². The number of rotatable bonds is 12. The van der Waals surface area contributed by atoms with Gasteiger partial charge in [-0.05, 0) is 42.5 Å². The summed E-state index contributed by atoms with van der Waals surface area (Å²) in [6.45, 7) is 4.61. The number of hydrogen-bond acceptors (Lipinski definition) is 10. The monoisotopic (exact) mass is 618 g/mol. The van der Waals surface area contributed by atoms with Crippen LogP contribution in [0.15, 0.2) is 53.4 Å². The van der Waals surface area contributed by atoms with E-state index in [0.29, 0.717) is 17.3 Å². The number of amides is 1. The molecule has 2 aliphatic heterocycles. The van der Waals surface area contributed by atoms with E-state index in [-0.39, 0.29) is 49.1 Å². The summed E-state index contributed by atoms with van der Waals surface area (Å²) in [4.78, 5) is 17.6. The maximum atomic E-state index is 13.9. The number of carbonyl (C=O) groups is 1. The molecular formula is C29H38N4O7S2. The maximum absolute atomic E-state index is 13.9. The third-order valence-corrected chi connectivity index (χ3v) is 10.3. The molecule has 3 unspecified atom stereocenters. The molecule has 228 valence electrons. The Morgan fingerprint density at radius 3 is 2.71 bits per heavy atom. The van der Waals surface area contributed by atoms with Crippen molar-refractivity contribution in [2.24, 2.45) is 11.8 Å². The lowest BCUT2D eigenvalue weighted by Gasteiger charge is -2.31. The first-order chi connectivity index (χ1) is 20.1. The van der Waals surface area contributed by atoms with Crippen LogP contribution in [0.5, 0.6) is 0 Å². The number of thiazole rings is 1. The highest BCUT2D eigenvalue weighted by Crippen LogP contribution is 2.33. The van der Waals surface area contributed by atoms with Crippen molar-refractivity contribution in [2.75, 3.05) is 38.7 Å². The first-order valence-electron chi connectivity index (χ1n) is 14.1. The lowest BCUT2D eigenvalue weighted by atomic mass is 10.0. The molecule has 5 rings (SSSR count). The van der Waals surface area contributed by atoms with Gasteiger partial charge in [-0.2, -0.15) is 4.31 Å². The highest BCUT2D eigenvalue weighted by molar-refractivity contribution is 7.89. The smallest absolute Gasteiger partial charge is 0.407 e. The second kappa shape index (κ2) is 13.2. The van der Waals surface area contributed by atoms with Crippen LogP contribution in [0.25, 0.3) is 10.2 Å². The van der Waals surface area contributed by atoms with Gasteiger partial charge in [-0.15, -0.1) is 0 Å². The fraction of sp³-hybridized carbons (Fsp3) is 0.517. The topological polar surface area (TPSA) is 139 Å². The minimum Gasteiger partial charge on any atom is -0.443 e. The number of benzene rings is 2. The van der Waals surface area contributed by atoms with Gasteiger partial charge in [0.15, 0.2) is 11.4 Å². The number of sulfonamides is 1. The molecule has 2 saturated heterocycles. The number of carbonyl (C=O) groups excluding carboxylic acids is 1. The average Bonchev–Trinajstić information content (AvgIpc) is 3.69. The molecule has 11 nitrogen and oxygen atoms in total. The van der Waals surface area contributed by atoms with E-state index in [4.69, 9.17) is 14.2 Å². The molecule has 2 aromatic carbocycles. The Morgan fingerprint density at radius 2 is 1.98 bits per heavy atom. The molecule has 13 heteroatoms. The summed E-state index contributed by atoms with van der Waals surface area (Å²) in [7, 11) is -2.22. The first-order valence-corrected chi connectivity index (χ1v) is 16.4. The molecule has 2 fully saturated rings. The quantitative estimate of drug-likeness (QED) is 0.279. The number of aliphatic hydroxyl groups excluding tert-OH is 1. The zero-order valence-electron chi connectivity index (χ0n) is 23.9. The molecule has 42 heavy (non-hydrogen) atoms. The molecule has 0 spiro atoms. The Kier molecular flexibility index (Phi) is 9.65. The zero-order chi connectivity index (χ0) is 29.9. The van der Waals surface area contributed by atoms with Crippen LogP contribution in [0.3, 0.4) is 0 Å². The molecule has 3 heterocycles. The Morgan fingerprint density at radius 1 is 1.19 bits per heavy atom. The van der Waals surface area contributed by atoms with E-state index in [0.717, 1.165) is 16.7 Å². The highest BCUT2D eigenvalue weighted by Gasteiger charge is 2.44. The molecule has 0 radical (unpaired) electrons. The number of ether oxygens (including phenoxy) is 3. The van der Waals surface area contributed by atoms with Crippen LogP contribution in [0.1, 0.15) is 25.8 Å². The molecule has 3 N–H and O–H groups in total. The van der Waals surface area contributed by atoms with Gasteiger partial charge in [-0.1, -0.05) is 55.5 Å². The molecule has 3 aromatic rings. The van der Waals surface area contributed by atoms with Gasteiger partial charge in [0.05, 0.1) is 46.4 Å². The van der Waals surface area contributed by atoms with E-state index in [1.54, 1.807) is 19.2 Å². The summed E-state index contributed by atoms with van der Waals surface area (Å²) in [5.74, 6) is -0.0376. The minimum absolute atomic E-state index is 0.00977. The number of aromatic nitrogens is 1. The van der Waals surface area contributed by atoms with Crippen molar-refractivity contribution < 1.29 is 32.5 Å². The zero-order valence-corrected chi connectivity index (χ0v) is 25.6. The van der Waals surface area contributed by atoms with Crippen molar-refractivity contribution in [3.05, 3.63) is 54.1 Å². The second-order valence-electron chi connectivity index (χ2n) is 11.1. The van der Waals surface area contributed by atoms with E-state index in [1.165, 1.54) is 21.7 Å². The van der Waals surface area contributed by atoms with Gasteiger partial charge in [0.1, 0.15) is 6.10 Å². The van der Waals surface area contributed by atoms with Crippen molar-refractivity contribution in [2.45, 2.75) is 56.1 Å². The summed E-state index contributed by atoms with van der Waals surface area (Å²) in [5.41, 5.74) is 1.58. The lowest BCUT2D eigenvalue weighted by Crippen LogP contribution is -2.51. The lowest BCUT2D eigenvalue weighted by molar-refractivity contribution is -0.0907. The van der Waals surface area contributed by atoms with Gasteiger partial charge in [0.2, 0.25) is 10.0 Å². The van der Waals surface area contributed by atoms with Crippen molar-refractivity contribution in [1.29, 1.82) is 0 Å². The number of alkyl carbamates (subject to hydrolysis) is 1. The predicted molar refractivity (Wildman–Crippen MR) is 160 cm³/mol. The van der Waals surface area contributed by atoms with Gasteiger partial charge in [0, 0.05) is 20.1 Å². The Labute approximate surface area is 250 Å². The van der Waals surface area contributed by atoms with Gasteiger partial charge in [-0.3, -0.25) is 0 Å². The Balaban J connectivity index is 1.35. The van der Waals surface area contributed by atoms with Gasteiger partial charge in [-0.25, -0.2) is 18.2 Å². The molecule has 0 aliphatic carbocycles. The molecular weight excluding hydrogens is 580 g/mol. The summed E-state index contributed by atoms with van der Waals surface area (Å²) >= 11 is 1.37. The van der Waals surface area contributed by atoms with E-state index in [9.17, 15) is 18.3 Å². The van der Waals surface area contributed by atoms with E-state index in [2.05, 4.69) is 15.6 Å². The number of anilines is 1. The second-order valence-corrected chi connectivity index (χ2v) is 14.1. The number of nitrogens with one attached hydrogen (secondary N) is 2. The SMILES string of the molecule is CNc1nc2ccc(S(=O)(=O)N(CC(C)C)C[C@@H](O)[C@H](Cc3ccccc3)NC(=O)OC3COC4OCCC34)cc2s1. The molecule has 2 aliphatic rings. The number of aliphatic hydroxyl groups is 1. The highest BCUT2D eigenvalue weighted by atomic mass is 32.2. The predicted octanol–water partition coefficient (Wildman–Crippen LogP) is 3.44. The first kappa shape index (κ1) is 30.6. The fourth-order valence-electron chi connectivity index (χ4n) is 5.36. The van der Waals surface area contributed by atoms with Gasteiger partial charge < -0.3 is 30.0 Å². The van der Waals surface area contributed by atoms with Gasteiger partial charge in [0.25, 0.3) is 0 Å². The fourth-order valence-corrected chi connectivity index (χ4v) is 7.94. The van der Waals surface area contributed by atoms with Crippen LogP contribution >= 0.6 is 11.3 Å². The van der Waals surface area contributed by atoms with Crippen molar-refractivity contribution in [1.82, 2.24) is 14.6 Å². The molecule has 5 atom stereocenters. The summed E-state index contributed by atoms with van der Waals surface area (Å²) < 4.78 is 46.6. The molecule has 1 aromatic heterocycles. The third-order valence-electron chi connectivity index (χ3n) is 7.48.